The molecule has 0 amide bonds. The van der Waals surface area contributed by atoms with E-state index < -0.39 is 29.2 Å². The zero-order valence-corrected chi connectivity index (χ0v) is 11.2. The molecule has 1 aromatic heterocycles. The summed E-state index contributed by atoms with van der Waals surface area (Å²) in [7, 11) is 0. The zero-order chi connectivity index (χ0) is 15.6. The van der Waals surface area contributed by atoms with E-state index in [1.807, 2.05) is 6.92 Å². The van der Waals surface area contributed by atoms with Crippen LogP contribution in [0.4, 0.5) is 17.6 Å². The molecule has 1 unspecified atom stereocenters. The molecule has 114 valence electrons. The number of halogens is 4. The van der Waals surface area contributed by atoms with Crippen molar-refractivity contribution in [2.75, 3.05) is 0 Å². The van der Waals surface area contributed by atoms with Crippen LogP contribution in [0.25, 0.3) is 0 Å². The highest BCUT2D eigenvalue weighted by atomic mass is 19.4. The molecule has 0 aliphatic carbocycles. The predicted molar refractivity (Wildman–Crippen MR) is 68.0 cm³/mol. The third-order valence-corrected chi connectivity index (χ3v) is 3.09. The van der Waals surface area contributed by atoms with Gasteiger partial charge in [0.2, 0.25) is 0 Å². The van der Waals surface area contributed by atoms with Crippen LogP contribution >= 0.6 is 0 Å². The van der Waals surface area contributed by atoms with Gasteiger partial charge in [-0.25, -0.2) is 9.37 Å². The van der Waals surface area contributed by atoms with Crippen molar-refractivity contribution >= 4 is 0 Å². The lowest BCUT2D eigenvalue weighted by atomic mass is 10.0. The minimum Gasteiger partial charge on any atom is -0.380 e. The molecule has 0 saturated heterocycles. The summed E-state index contributed by atoms with van der Waals surface area (Å²) >= 11 is 0. The van der Waals surface area contributed by atoms with Crippen LogP contribution in [-0.4, -0.2) is 14.7 Å². The number of hydrogen-bond acceptors (Lipinski definition) is 2. The molecule has 0 aliphatic rings. The summed E-state index contributed by atoms with van der Waals surface area (Å²) in [5.74, 6) is -1.35. The van der Waals surface area contributed by atoms with Crippen molar-refractivity contribution in [1.29, 1.82) is 0 Å². The Kier molecular flexibility index (Phi) is 4.32. The van der Waals surface area contributed by atoms with Gasteiger partial charge in [-0.1, -0.05) is 19.1 Å². The summed E-state index contributed by atoms with van der Waals surface area (Å²) in [4.78, 5) is 3.91. The molecule has 1 heterocycles. The number of rotatable bonds is 4. The van der Waals surface area contributed by atoms with E-state index in [1.165, 1.54) is 6.20 Å². The number of imidazole rings is 1. The Balaban J connectivity index is 2.44. The third kappa shape index (κ3) is 3.07. The van der Waals surface area contributed by atoms with E-state index in [1.54, 1.807) is 10.8 Å². The first-order valence-electron chi connectivity index (χ1n) is 6.41. The second-order valence-electron chi connectivity index (χ2n) is 4.59. The van der Waals surface area contributed by atoms with Crippen LogP contribution in [0, 0.1) is 5.82 Å². The van der Waals surface area contributed by atoms with Crippen LogP contribution in [0.1, 0.15) is 36.4 Å². The summed E-state index contributed by atoms with van der Waals surface area (Å²) in [5, 5.41) is 10.2. The highest BCUT2D eigenvalue weighted by Crippen LogP contribution is 2.35. The van der Waals surface area contributed by atoms with Gasteiger partial charge in [-0.05, 0) is 12.5 Å². The van der Waals surface area contributed by atoms with Crippen molar-refractivity contribution < 1.29 is 22.7 Å². The number of alkyl halides is 3. The standard InChI is InChI=1S/C14H14F4N2O/c1-2-7-20-8-6-19-13(20)12(21)9-4-3-5-10(11(9)15)14(16,17)18/h3-6,8,12,21H,2,7H2,1H3. The second-order valence-corrected chi connectivity index (χ2v) is 4.59. The van der Waals surface area contributed by atoms with Gasteiger partial charge in [-0.15, -0.1) is 0 Å². The Labute approximate surface area is 118 Å². The Bertz CT molecular complexity index is 622. The largest absolute Gasteiger partial charge is 0.419 e. The first kappa shape index (κ1) is 15.5. The summed E-state index contributed by atoms with van der Waals surface area (Å²) in [6, 6.07) is 2.84. The zero-order valence-electron chi connectivity index (χ0n) is 11.2. The van der Waals surface area contributed by atoms with Gasteiger partial charge in [-0.3, -0.25) is 0 Å². The number of hydrogen-bond donors (Lipinski definition) is 1. The molecule has 1 aromatic carbocycles. The monoisotopic (exact) mass is 302 g/mol. The Hall–Kier alpha value is -1.89. The first-order valence-corrected chi connectivity index (χ1v) is 6.41. The van der Waals surface area contributed by atoms with Gasteiger partial charge in [0.1, 0.15) is 17.7 Å². The number of aryl methyl sites for hydroxylation is 1. The molecule has 0 spiro atoms. The smallest absolute Gasteiger partial charge is 0.380 e. The molecule has 0 radical (unpaired) electrons. The molecule has 2 aromatic rings. The maximum Gasteiger partial charge on any atom is 0.419 e. The van der Waals surface area contributed by atoms with Crippen molar-refractivity contribution in [1.82, 2.24) is 9.55 Å². The molecule has 1 N–H and O–H groups in total. The van der Waals surface area contributed by atoms with Gasteiger partial charge in [0, 0.05) is 24.5 Å². The maximum absolute atomic E-state index is 14.0. The van der Waals surface area contributed by atoms with E-state index in [-0.39, 0.29) is 5.82 Å². The molecule has 21 heavy (non-hydrogen) atoms. The highest BCUT2D eigenvalue weighted by molar-refractivity contribution is 5.32. The molecular weight excluding hydrogens is 288 g/mol. The van der Waals surface area contributed by atoms with Gasteiger partial charge in [0.25, 0.3) is 0 Å². The minimum absolute atomic E-state index is 0.120. The van der Waals surface area contributed by atoms with Crippen LogP contribution < -0.4 is 0 Å². The van der Waals surface area contributed by atoms with Gasteiger partial charge in [0.05, 0.1) is 5.56 Å². The van der Waals surface area contributed by atoms with E-state index in [4.69, 9.17) is 0 Å². The fourth-order valence-electron chi connectivity index (χ4n) is 2.12. The lowest BCUT2D eigenvalue weighted by molar-refractivity contribution is -0.140. The van der Waals surface area contributed by atoms with E-state index in [9.17, 15) is 22.7 Å². The average molecular weight is 302 g/mol. The third-order valence-electron chi connectivity index (χ3n) is 3.09. The highest BCUT2D eigenvalue weighted by Gasteiger charge is 2.36. The van der Waals surface area contributed by atoms with Crippen molar-refractivity contribution in [2.24, 2.45) is 0 Å². The lowest BCUT2D eigenvalue weighted by Gasteiger charge is -2.16. The van der Waals surface area contributed by atoms with E-state index in [2.05, 4.69) is 4.98 Å². The molecule has 0 fully saturated rings. The summed E-state index contributed by atoms with van der Waals surface area (Å²) in [6.07, 6.45) is -2.60. The van der Waals surface area contributed by atoms with Crippen LogP contribution in [0.5, 0.6) is 0 Å². The normalized spacial score (nSPS) is 13.4. The predicted octanol–water partition coefficient (Wildman–Crippen LogP) is 3.53. The number of aliphatic hydroxyl groups is 1. The van der Waals surface area contributed by atoms with Gasteiger partial charge >= 0.3 is 6.18 Å². The molecule has 0 bridgehead atoms. The molecule has 0 saturated carbocycles. The number of benzene rings is 1. The van der Waals surface area contributed by atoms with Crippen LogP contribution in [0.15, 0.2) is 30.6 Å². The summed E-state index contributed by atoms with van der Waals surface area (Å²) in [5.41, 5.74) is -1.83. The number of aliphatic hydroxyl groups excluding tert-OH is 1. The maximum atomic E-state index is 14.0. The number of nitrogens with zero attached hydrogens (tertiary/aromatic N) is 2. The molecule has 0 aliphatic heterocycles. The van der Waals surface area contributed by atoms with Crippen molar-refractivity contribution in [2.45, 2.75) is 32.2 Å². The fraction of sp³-hybridized carbons (Fsp3) is 0.357. The summed E-state index contributed by atoms with van der Waals surface area (Å²) < 4.78 is 53.7. The Morgan fingerprint density at radius 2 is 2.05 bits per heavy atom. The van der Waals surface area contributed by atoms with E-state index in [0.717, 1.165) is 18.6 Å². The minimum atomic E-state index is -4.81. The van der Waals surface area contributed by atoms with Gasteiger partial charge < -0.3 is 9.67 Å². The molecule has 7 heteroatoms. The SMILES string of the molecule is CCCn1ccnc1C(O)c1cccc(C(F)(F)F)c1F. The Morgan fingerprint density at radius 3 is 2.67 bits per heavy atom. The quantitative estimate of drug-likeness (QED) is 0.877. The first-order chi connectivity index (χ1) is 9.86. The lowest BCUT2D eigenvalue weighted by Crippen LogP contribution is -2.15. The number of aromatic nitrogens is 2. The van der Waals surface area contributed by atoms with Gasteiger partial charge in [-0.2, -0.15) is 13.2 Å². The molecule has 2 rings (SSSR count). The summed E-state index contributed by atoms with van der Waals surface area (Å²) in [6.45, 7) is 2.44. The van der Waals surface area contributed by atoms with E-state index >= 15 is 0 Å². The Morgan fingerprint density at radius 1 is 1.33 bits per heavy atom. The van der Waals surface area contributed by atoms with Crippen molar-refractivity contribution in [3.8, 4) is 0 Å². The molecule has 3 nitrogen and oxygen atoms in total. The van der Waals surface area contributed by atoms with Crippen molar-refractivity contribution in [3.05, 3.63) is 53.4 Å². The molecular formula is C14H14F4N2O. The topological polar surface area (TPSA) is 38.0 Å². The van der Waals surface area contributed by atoms with Crippen LogP contribution in [0.2, 0.25) is 0 Å². The van der Waals surface area contributed by atoms with Gasteiger partial charge in [0.15, 0.2) is 0 Å². The van der Waals surface area contributed by atoms with Crippen LogP contribution in [0.3, 0.4) is 0 Å². The average Bonchev–Trinajstić information content (AvgIpc) is 2.85. The molecule has 1 atom stereocenters. The van der Waals surface area contributed by atoms with Crippen molar-refractivity contribution in [3.63, 3.8) is 0 Å². The van der Waals surface area contributed by atoms with E-state index in [0.29, 0.717) is 12.6 Å². The van der Waals surface area contributed by atoms with Crippen LogP contribution in [-0.2, 0) is 12.7 Å². The second kappa shape index (κ2) is 5.85. The fourth-order valence-corrected chi connectivity index (χ4v) is 2.12.